The van der Waals surface area contributed by atoms with Crippen LogP contribution in [0.4, 0.5) is 13.2 Å². The molecule has 0 aliphatic heterocycles. The first-order chi connectivity index (χ1) is 6.45. The van der Waals surface area contributed by atoms with E-state index in [1.165, 1.54) is 0 Å². The van der Waals surface area contributed by atoms with Crippen LogP contribution in [0.5, 0.6) is 5.75 Å². The summed E-state index contributed by atoms with van der Waals surface area (Å²) in [6, 6.07) is 0. The van der Waals surface area contributed by atoms with E-state index in [4.69, 9.17) is 10.2 Å². The number of aromatic carboxylic acids is 1. The van der Waals surface area contributed by atoms with Gasteiger partial charge < -0.3 is 10.2 Å². The number of aromatic nitrogens is 1. The molecule has 1 aromatic heterocycles. The molecule has 0 unspecified atom stereocenters. The van der Waals surface area contributed by atoms with Crippen molar-refractivity contribution in [2.24, 2.45) is 0 Å². The lowest BCUT2D eigenvalue weighted by Gasteiger charge is -2.05. The van der Waals surface area contributed by atoms with Gasteiger partial charge in [-0.15, -0.1) is 0 Å². The second-order valence-electron chi connectivity index (χ2n) is 2.32. The standard InChI is InChI=1S/C7H4F3NO3/c8-4-2(12)1-11-5(6(9)10)3(4)7(13)14/h1,6,12H,(H,13,14). The van der Waals surface area contributed by atoms with Gasteiger partial charge in [-0.05, 0) is 0 Å². The van der Waals surface area contributed by atoms with Crippen LogP contribution in [-0.4, -0.2) is 21.2 Å². The zero-order chi connectivity index (χ0) is 10.9. The molecule has 0 bridgehead atoms. The highest BCUT2D eigenvalue weighted by Gasteiger charge is 2.25. The second-order valence-corrected chi connectivity index (χ2v) is 2.32. The van der Waals surface area contributed by atoms with Gasteiger partial charge >= 0.3 is 5.97 Å². The number of carboxylic acids is 1. The number of carbonyl (C=O) groups is 1. The summed E-state index contributed by atoms with van der Waals surface area (Å²) in [7, 11) is 0. The molecule has 0 saturated carbocycles. The van der Waals surface area contributed by atoms with Crippen LogP contribution in [0.15, 0.2) is 6.20 Å². The molecule has 0 amide bonds. The fourth-order valence-electron chi connectivity index (χ4n) is 0.861. The van der Waals surface area contributed by atoms with Crippen molar-refractivity contribution >= 4 is 5.97 Å². The van der Waals surface area contributed by atoms with E-state index in [-0.39, 0.29) is 0 Å². The number of pyridine rings is 1. The average Bonchev–Trinajstić information content (AvgIpc) is 2.08. The van der Waals surface area contributed by atoms with E-state index < -0.39 is 35.2 Å². The van der Waals surface area contributed by atoms with E-state index in [2.05, 4.69) is 4.98 Å². The van der Waals surface area contributed by atoms with Crippen molar-refractivity contribution in [2.75, 3.05) is 0 Å². The maximum Gasteiger partial charge on any atom is 0.340 e. The molecule has 1 aromatic rings. The minimum atomic E-state index is -3.21. The molecule has 14 heavy (non-hydrogen) atoms. The third-order valence-corrected chi connectivity index (χ3v) is 1.45. The number of rotatable bonds is 2. The smallest absolute Gasteiger partial charge is 0.340 e. The van der Waals surface area contributed by atoms with Gasteiger partial charge in [-0.25, -0.2) is 18.0 Å². The molecule has 76 valence electrons. The predicted molar refractivity (Wildman–Crippen MR) is 37.8 cm³/mol. The molecular formula is C7H4F3NO3. The molecule has 0 aromatic carbocycles. The second kappa shape index (κ2) is 3.52. The highest BCUT2D eigenvalue weighted by Crippen LogP contribution is 2.27. The zero-order valence-electron chi connectivity index (χ0n) is 6.54. The molecule has 2 N–H and O–H groups in total. The molecule has 0 radical (unpaired) electrons. The van der Waals surface area contributed by atoms with Gasteiger partial charge in [0.05, 0.1) is 6.20 Å². The van der Waals surface area contributed by atoms with Crippen LogP contribution in [0, 0.1) is 5.82 Å². The topological polar surface area (TPSA) is 70.4 Å². The van der Waals surface area contributed by atoms with E-state index in [1.807, 2.05) is 0 Å². The van der Waals surface area contributed by atoms with Crippen molar-refractivity contribution in [3.05, 3.63) is 23.3 Å². The van der Waals surface area contributed by atoms with Gasteiger partial charge in [0.2, 0.25) is 0 Å². The van der Waals surface area contributed by atoms with Gasteiger partial charge in [0.1, 0.15) is 11.3 Å². The predicted octanol–water partition coefficient (Wildman–Crippen LogP) is 1.56. The first kappa shape index (κ1) is 10.3. The molecule has 4 nitrogen and oxygen atoms in total. The van der Waals surface area contributed by atoms with E-state index in [9.17, 15) is 18.0 Å². The van der Waals surface area contributed by atoms with Crippen molar-refractivity contribution in [3.63, 3.8) is 0 Å². The summed E-state index contributed by atoms with van der Waals surface area (Å²) < 4.78 is 37.1. The normalized spacial score (nSPS) is 10.6. The summed E-state index contributed by atoms with van der Waals surface area (Å²) in [5.74, 6) is -4.59. The van der Waals surface area contributed by atoms with Gasteiger partial charge in [-0.3, -0.25) is 4.98 Å². The molecular weight excluding hydrogens is 203 g/mol. The maximum atomic E-state index is 12.9. The van der Waals surface area contributed by atoms with Gasteiger partial charge in [0.25, 0.3) is 6.43 Å². The molecule has 0 spiro atoms. The monoisotopic (exact) mass is 207 g/mol. The summed E-state index contributed by atoms with van der Waals surface area (Å²) >= 11 is 0. The lowest BCUT2D eigenvalue weighted by molar-refractivity contribution is 0.0674. The Balaban J connectivity index is 3.45. The van der Waals surface area contributed by atoms with Crippen molar-refractivity contribution in [1.82, 2.24) is 4.98 Å². The third kappa shape index (κ3) is 1.61. The molecule has 0 aliphatic rings. The van der Waals surface area contributed by atoms with Crippen LogP contribution in [0.3, 0.4) is 0 Å². The number of hydrogen-bond acceptors (Lipinski definition) is 3. The van der Waals surface area contributed by atoms with Crippen molar-refractivity contribution in [1.29, 1.82) is 0 Å². The van der Waals surface area contributed by atoms with Gasteiger partial charge in [0.15, 0.2) is 11.6 Å². The highest BCUT2D eigenvalue weighted by atomic mass is 19.3. The number of alkyl halides is 2. The lowest BCUT2D eigenvalue weighted by atomic mass is 10.2. The zero-order valence-corrected chi connectivity index (χ0v) is 6.54. The Labute approximate surface area is 75.6 Å². The Kier molecular flexibility index (Phi) is 2.59. The minimum absolute atomic E-state index is 0.434. The quantitative estimate of drug-likeness (QED) is 0.771. The summed E-state index contributed by atoms with van der Waals surface area (Å²) in [5, 5.41) is 17.1. The Bertz CT molecular complexity index is 381. The van der Waals surface area contributed by atoms with Crippen LogP contribution in [0.1, 0.15) is 22.5 Å². The highest BCUT2D eigenvalue weighted by molar-refractivity contribution is 5.89. The van der Waals surface area contributed by atoms with E-state index in [0.29, 0.717) is 6.20 Å². The summed E-state index contributed by atoms with van der Waals surface area (Å²) in [4.78, 5) is 13.3. The number of aromatic hydroxyl groups is 1. The molecule has 1 heterocycles. The van der Waals surface area contributed by atoms with Crippen LogP contribution in [0.2, 0.25) is 0 Å². The first-order valence-corrected chi connectivity index (χ1v) is 3.34. The van der Waals surface area contributed by atoms with E-state index >= 15 is 0 Å². The van der Waals surface area contributed by atoms with Gasteiger partial charge in [0, 0.05) is 0 Å². The number of nitrogens with zero attached hydrogens (tertiary/aromatic N) is 1. The van der Waals surface area contributed by atoms with E-state index in [1.54, 1.807) is 0 Å². The molecule has 0 saturated heterocycles. The summed E-state index contributed by atoms with van der Waals surface area (Å²) in [5.41, 5.74) is -2.51. The fourth-order valence-corrected chi connectivity index (χ4v) is 0.861. The average molecular weight is 207 g/mol. The molecule has 7 heteroatoms. The number of hydrogen-bond donors (Lipinski definition) is 2. The largest absolute Gasteiger partial charge is 0.504 e. The van der Waals surface area contributed by atoms with Crippen LogP contribution in [-0.2, 0) is 0 Å². The Morgan fingerprint density at radius 3 is 2.50 bits per heavy atom. The van der Waals surface area contributed by atoms with Crippen molar-refractivity contribution < 1.29 is 28.2 Å². The molecule has 0 atom stereocenters. The van der Waals surface area contributed by atoms with Crippen molar-refractivity contribution in [3.8, 4) is 5.75 Å². The van der Waals surface area contributed by atoms with Crippen molar-refractivity contribution in [2.45, 2.75) is 6.43 Å². The third-order valence-electron chi connectivity index (χ3n) is 1.45. The Hall–Kier alpha value is -1.79. The maximum absolute atomic E-state index is 12.9. The van der Waals surface area contributed by atoms with Gasteiger partial charge in [-0.1, -0.05) is 0 Å². The van der Waals surface area contributed by atoms with Crippen LogP contribution >= 0.6 is 0 Å². The summed E-state index contributed by atoms with van der Waals surface area (Å²) in [6.07, 6.45) is -2.78. The summed E-state index contributed by atoms with van der Waals surface area (Å²) in [6.45, 7) is 0. The minimum Gasteiger partial charge on any atom is -0.504 e. The SMILES string of the molecule is O=C(O)c1c(C(F)F)ncc(O)c1F. The first-order valence-electron chi connectivity index (χ1n) is 3.34. The molecule has 1 rings (SSSR count). The lowest BCUT2D eigenvalue weighted by Crippen LogP contribution is -2.08. The number of carboxylic acid groups (broad SMARTS) is 1. The molecule has 0 aliphatic carbocycles. The van der Waals surface area contributed by atoms with Gasteiger partial charge in [-0.2, -0.15) is 0 Å². The van der Waals surface area contributed by atoms with E-state index in [0.717, 1.165) is 0 Å². The Morgan fingerprint density at radius 2 is 2.07 bits per heavy atom. The fraction of sp³-hybridized carbons (Fsp3) is 0.143. The van der Waals surface area contributed by atoms with Crippen LogP contribution < -0.4 is 0 Å². The Morgan fingerprint density at radius 1 is 1.50 bits per heavy atom. The van der Waals surface area contributed by atoms with Crippen LogP contribution in [0.25, 0.3) is 0 Å². The number of halogens is 3. The molecule has 0 fully saturated rings.